The van der Waals surface area contributed by atoms with E-state index >= 15 is 0 Å². The van der Waals surface area contributed by atoms with Crippen molar-refractivity contribution >= 4 is 11.7 Å². The third-order valence-electron chi connectivity index (χ3n) is 3.68. The minimum atomic E-state index is -0.472. The van der Waals surface area contributed by atoms with Crippen molar-refractivity contribution in [3.63, 3.8) is 0 Å². The standard InChI is InChI=1S/C17H23FN4O2/c1-4-14(23)7-8-19-17(24)20-13-5-6-16(15(18)10-13)22-12(3)9-11(2)21-22/h5-6,9-10,14,23H,4,7-8H2,1-3H3,(H2,19,20,24). The van der Waals surface area contributed by atoms with Crippen molar-refractivity contribution in [3.05, 3.63) is 41.5 Å². The van der Waals surface area contributed by atoms with E-state index in [-0.39, 0.29) is 0 Å². The van der Waals surface area contributed by atoms with E-state index in [0.717, 1.165) is 11.4 Å². The summed E-state index contributed by atoms with van der Waals surface area (Å²) in [7, 11) is 0. The third kappa shape index (κ3) is 4.55. The number of aryl methyl sites for hydroxylation is 2. The number of aliphatic hydroxyl groups is 1. The van der Waals surface area contributed by atoms with Crippen molar-refractivity contribution < 1.29 is 14.3 Å². The van der Waals surface area contributed by atoms with E-state index in [4.69, 9.17) is 0 Å². The van der Waals surface area contributed by atoms with E-state index in [0.29, 0.717) is 30.8 Å². The molecule has 24 heavy (non-hydrogen) atoms. The van der Waals surface area contributed by atoms with Crippen molar-refractivity contribution in [3.8, 4) is 5.69 Å². The van der Waals surface area contributed by atoms with Crippen LogP contribution in [0.5, 0.6) is 0 Å². The maximum atomic E-state index is 14.3. The highest BCUT2D eigenvalue weighted by molar-refractivity contribution is 5.89. The summed E-state index contributed by atoms with van der Waals surface area (Å²) in [5.41, 5.74) is 2.33. The van der Waals surface area contributed by atoms with Gasteiger partial charge in [0.2, 0.25) is 0 Å². The first kappa shape index (κ1) is 17.9. The van der Waals surface area contributed by atoms with E-state index < -0.39 is 18.0 Å². The number of hydrogen-bond donors (Lipinski definition) is 3. The Morgan fingerprint density at radius 2 is 2.12 bits per heavy atom. The SMILES string of the molecule is CCC(O)CCNC(=O)Nc1ccc(-n2nc(C)cc2C)c(F)c1. The molecule has 1 heterocycles. The summed E-state index contributed by atoms with van der Waals surface area (Å²) in [6.45, 7) is 5.92. The Balaban J connectivity index is 1.99. The van der Waals surface area contributed by atoms with Crippen LogP contribution in [0.15, 0.2) is 24.3 Å². The van der Waals surface area contributed by atoms with Crippen LogP contribution in [0.4, 0.5) is 14.9 Å². The van der Waals surface area contributed by atoms with Crippen LogP contribution in [0.3, 0.4) is 0 Å². The molecule has 0 saturated carbocycles. The van der Waals surface area contributed by atoms with Gasteiger partial charge in [0.15, 0.2) is 5.82 Å². The molecule has 0 fully saturated rings. The van der Waals surface area contributed by atoms with Crippen LogP contribution in [0.1, 0.15) is 31.2 Å². The van der Waals surface area contributed by atoms with Crippen LogP contribution in [0, 0.1) is 19.7 Å². The number of aliphatic hydroxyl groups excluding tert-OH is 1. The van der Waals surface area contributed by atoms with Crippen LogP contribution in [-0.2, 0) is 0 Å². The number of aromatic nitrogens is 2. The zero-order valence-electron chi connectivity index (χ0n) is 14.1. The van der Waals surface area contributed by atoms with Crippen molar-refractivity contribution in [2.75, 3.05) is 11.9 Å². The first-order valence-electron chi connectivity index (χ1n) is 7.96. The van der Waals surface area contributed by atoms with E-state index in [2.05, 4.69) is 15.7 Å². The van der Waals surface area contributed by atoms with Crippen molar-refractivity contribution in [2.45, 2.75) is 39.7 Å². The molecule has 1 aromatic heterocycles. The van der Waals surface area contributed by atoms with Gasteiger partial charge in [0.05, 0.1) is 11.8 Å². The van der Waals surface area contributed by atoms with Crippen molar-refractivity contribution in [1.29, 1.82) is 0 Å². The minimum Gasteiger partial charge on any atom is -0.393 e. The summed E-state index contributed by atoms with van der Waals surface area (Å²) in [5.74, 6) is -0.472. The molecule has 130 valence electrons. The minimum absolute atomic E-state index is 0.331. The summed E-state index contributed by atoms with van der Waals surface area (Å²) in [5, 5.41) is 18.9. The molecule has 0 aliphatic heterocycles. The number of carbonyl (C=O) groups is 1. The Kier molecular flexibility index (Phi) is 5.92. The monoisotopic (exact) mass is 334 g/mol. The zero-order valence-corrected chi connectivity index (χ0v) is 14.1. The Morgan fingerprint density at radius 3 is 2.71 bits per heavy atom. The second-order valence-electron chi connectivity index (χ2n) is 5.74. The molecule has 0 bridgehead atoms. The van der Waals surface area contributed by atoms with Gasteiger partial charge in [0, 0.05) is 17.9 Å². The fraction of sp³-hybridized carbons (Fsp3) is 0.412. The summed E-state index contributed by atoms with van der Waals surface area (Å²) >= 11 is 0. The molecule has 2 rings (SSSR count). The third-order valence-corrected chi connectivity index (χ3v) is 3.68. The second kappa shape index (κ2) is 7.92. The summed E-state index contributed by atoms with van der Waals surface area (Å²) in [6, 6.07) is 5.88. The van der Waals surface area contributed by atoms with Gasteiger partial charge in [-0.1, -0.05) is 6.92 Å². The Morgan fingerprint density at radius 1 is 1.38 bits per heavy atom. The van der Waals surface area contributed by atoms with Gasteiger partial charge in [-0.3, -0.25) is 0 Å². The zero-order chi connectivity index (χ0) is 17.7. The molecular formula is C17H23FN4O2. The molecule has 2 aromatic rings. The average Bonchev–Trinajstić information content (AvgIpc) is 2.85. The smallest absolute Gasteiger partial charge is 0.319 e. The van der Waals surface area contributed by atoms with Gasteiger partial charge in [-0.25, -0.2) is 13.9 Å². The number of urea groups is 1. The van der Waals surface area contributed by atoms with Crippen LogP contribution >= 0.6 is 0 Å². The number of amides is 2. The largest absolute Gasteiger partial charge is 0.393 e. The molecule has 1 atom stereocenters. The van der Waals surface area contributed by atoms with Crippen molar-refractivity contribution in [2.24, 2.45) is 0 Å². The van der Waals surface area contributed by atoms with Crippen LogP contribution in [-0.4, -0.2) is 33.6 Å². The number of benzene rings is 1. The lowest BCUT2D eigenvalue weighted by Crippen LogP contribution is -2.31. The predicted octanol–water partition coefficient (Wildman–Crippen LogP) is 2.91. The lowest BCUT2D eigenvalue weighted by molar-refractivity contribution is 0.160. The number of anilines is 1. The molecule has 7 heteroatoms. The van der Waals surface area contributed by atoms with E-state index in [9.17, 15) is 14.3 Å². The summed E-state index contributed by atoms with van der Waals surface area (Å²) < 4.78 is 15.8. The molecule has 1 unspecified atom stereocenters. The normalized spacial score (nSPS) is 12.0. The van der Waals surface area contributed by atoms with Gasteiger partial charge >= 0.3 is 6.03 Å². The molecular weight excluding hydrogens is 311 g/mol. The highest BCUT2D eigenvalue weighted by atomic mass is 19.1. The van der Waals surface area contributed by atoms with Crippen molar-refractivity contribution in [1.82, 2.24) is 15.1 Å². The van der Waals surface area contributed by atoms with Gasteiger partial charge in [0.1, 0.15) is 5.69 Å². The highest BCUT2D eigenvalue weighted by Gasteiger charge is 2.11. The topological polar surface area (TPSA) is 79.2 Å². The summed E-state index contributed by atoms with van der Waals surface area (Å²) in [6.07, 6.45) is 0.694. The molecule has 1 aromatic carbocycles. The second-order valence-corrected chi connectivity index (χ2v) is 5.74. The molecule has 0 spiro atoms. The maximum absolute atomic E-state index is 14.3. The molecule has 0 radical (unpaired) electrons. The molecule has 0 saturated heterocycles. The molecule has 3 N–H and O–H groups in total. The predicted molar refractivity (Wildman–Crippen MR) is 90.9 cm³/mol. The van der Waals surface area contributed by atoms with Crippen LogP contribution < -0.4 is 10.6 Å². The Bertz CT molecular complexity index is 715. The van der Waals surface area contributed by atoms with E-state index in [1.54, 1.807) is 12.1 Å². The lowest BCUT2D eigenvalue weighted by atomic mass is 10.2. The Labute approximate surface area is 140 Å². The summed E-state index contributed by atoms with van der Waals surface area (Å²) in [4.78, 5) is 11.8. The first-order chi connectivity index (χ1) is 11.4. The van der Waals surface area contributed by atoms with Gasteiger partial charge in [-0.15, -0.1) is 0 Å². The van der Waals surface area contributed by atoms with Crippen LogP contribution in [0.25, 0.3) is 5.69 Å². The lowest BCUT2D eigenvalue weighted by Gasteiger charge is -2.11. The fourth-order valence-electron chi connectivity index (χ4n) is 2.36. The first-order valence-corrected chi connectivity index (χ1v) is 7.96. The molecule has 0 aliphatic rings. The average molecular weight is 334 g/mol. The highest BCUT2D eigenvalue weighted by Crippen LogP contribution is 2.19. The number of nitrogens with zero attached hydrogens (tertiary/aromatic N) is 2. The molecule has 2 amide bonds. The van der Waals surface area contributed by atoms with Gasteiger partial charge in [-0.2, -0.15) is 5.10 Å². The molecule has 6 nitrogen and oxygen atoms in total. The maximum Gasteiger partial charge on any atom is 0.319 e. The number of halogens is 1. The fourth-order valence-corrected chi connectivity index (χ4v) is 2.36. The number of hydrogen-bond acceptors (Lipinski definition) is 3. The van der Waals surface area contributed by atoms with E-state index in [1.807, 2.05) is 26.8 Å². The van der Waals surface area contributed by atoms with Gasteiger partial charge in [-0.05, 0) is 51.0 Å². The van der Waals surface area contributed by atoms with Crippen LogP contribution in [0.2, 0.25) is 0 Å². The number of nitrogens with one attached hydrogen (secondary N) is 2. The van der Waals surface area contributed by atoms with Gasteiger partial charge in [0.25, 0.3) is 0 Å². The van der Waals surface area contributed by atoms with E-state index in [1.165, 1.54) is 10.7 Å². The number of rotatable bonds is 6. The van der Waals surface area contributed by atoms with Gasteiger partial charge < -0.3 is 15.7 Å². The quantitative estimate of drug-likeness (QED) is 0.760. The molecule has 0 aliphatic carbocycles. The number of carbonyl (C=O) groups excluding carboxylic acids is 1. The Hall–Kier alpha value is -2.41.